The topological polar surface area (TPSA) is 57.6 Å². The predicted octanol–water partition coefficient (Wildman–Crippen LogP) is 2.74. The number of amides is 1. The van der Waals surface area contributed by atoms with E-state index in [1.54, 1.807) is 11.3 Å². The van der Waals surface area contributed by atoms with E-state index in [-0.39, 0.29) is 17.7 Å². The summed E-state index contributed by atoms with van der Waals surface area (Å²) in [7, 11) is 0. The molecule has 1 N–H and O–H groups in total. The number of thiophene rings is 1. The lowest BCUT2D eigenvalue weighted by Crippen LogP contribution is -2.36. The van der Waals surface area contributed by atoms with Gasteiger partial charge in [-0.3, -0.25) is 9.59 Å². The van der Waals surface area contributed by atoms with E-state index in [1.807, 2.05) is 16.3 Å². The van der Waals surface area contributed by atoms with Gasteiger partial charge in [-0.2, -0.15) is 0 Å². The second-order valence-electron chi connectivity index (χ2n) is 5.82. The molecule has 0 saturated heterocycles. The maximum Gasteiger partial charge on any atom is 0.306 e. The number of hydrogen-bond acceptors (Lipinski definition) is 3. The summed E-state index contributed by atoms with van der Waals surface area (Å²) in [5.41, 5.74) is 0. The summed E-state index contributed by atoms with van der Waals surface area (Å²) >= 11 is 1.67. The van der Waals surface area contributed by atoms with E-state index in [0.717, 1.165) is 19.3 Å². The van der Waals surface area contributed by atoms with Gasteiger partial charge in [-0.15, -0.1) is 11.3 Å². The SMILES string of the molecule is O=C(O)[C@H]1CC[C@@H](C(=O)N(Cc2cccs2)C2CC2)C1. The van der Waals surface area contributed by atoms with E-state index >= 15 is 0 Å². The van der Waals surface area contributed by atoms with Crippen LogP contribution in [0.4, 0.5) is 0 Å². The molecule has 2 atom stereocenters. The van der Waals surface area contributed by atoms with E-state index in [2.05, 4.69) is 6.07 Å². The Morgan fingerprint density at radius 3 is 2.55 bits per heavy atom. The quantitative estimate of drug-likeness (QED) is 0.908. The molecule has 0 unspecified atom stereocenters. The van der Waals surface area contributed by atoms with Crippen molar-refractivity contribution < 1.29 is 14.7 Å². The molecule has 0 aliphatic heterocycles. The summed E-state index contributed by atoms with van der Waals surface area (Å²) in [6.07, 6.45) is 4.06. The van der Waals surface area contributed by atoms with Crippen LogP contribution in [0.25, 0.3) is 0 Å². The molecule has 3 rings (SSSR count). The van der Waals surface area contributed by atoms with Crippen molar-refractivity contribution in [1.29, 1.82) is 0 Å². The molecule has 0 bridgehead atoms. The minimum absolute atomic E-state index is 0.0864. The highest BCUT2D eigenvalue weighted by Crippen LogP contribution is 2.36. The van der Waals surface area contributed by atoms with Gasteiger partial charge in [0.1, 0.15) is 0 Å². The number of aliphatic carboxylic acids is 1. The van der Waals surface area contributed by atoms with Gasteiger partial charge in [-0.1, -0.05) is 6.07 Å². The van der Waals surface area contributed by atoms with Gasteiger partial charge in [0.05, 0.1) is 12.5 Å². The van der Waals surface area contributed by atoms with Crippen molar-refractivity contribution in [3.05, 3.63) is 22.4 Å². The minimum atomic E-state index is -0.753. The van der Waals surface area contributed by atoms with Crippen molar-refractivity contribution in [3.63, 3.8) is 0 Å². The van der Waals surface area contributed by atoms with Crippen LogP contribution in [0, 0.1) is 11.8 Å². The highest BCUT2D eigenvalue weighted by molar-refractivity contribution is 7.09. The lowest BCUT2D eigenvalue weighted by Gasteiger charge is -2.25. The number of hydrogen-bond donors (Lipinski definition) is 1. The van der Waals surface area contributed by atoms with Crippen LogP contribution in [0.1, 0.15) is 37.0 Å². The first-order valence-electron chi connectivity index (χ1n) is 7.21. The third-order valence-electron chi connectivity index (χ3n) is 4.31. The fourth-order valence-corrected chi connectivity index (χ4v) is 3.71. The van der Waals surface area contributed by atoms with Gasteiger partial charge >= 0.3 is 5.97 Å². The Labute approximate surface area is 122 Å². The number of carbonyl (C=O) groups is 2. The zero-order valence-corrected chi connectivity index (χ0v) is 12.1. The molecule has 1 aromatic heterocycles. The largest absolute Gasteiger partial charge is 0.481 e. The van der Waals surface area contributed by atoms with Crippen molar-refractivity contribution in [2.45, 2.75) is 44.7 Å². The van der Waals surface area contributed by atoms with Crippen molar-refractivity contribution in [1.82, 2.24) is 4.90 Å². The number of nitrogens with zero attached hydrogens (tertiary/aromatic N) is 1. The Kier molecular flexibility index (Phi) is 3.78. The van der Waals surface area contributed by atoms with Crippen LogP contribution in [0.3, 0.4) is 0 Å². The van der Waals surface area contributed by atoms with Gasteiger partial charge in [-0.05, 0) is 43.6 Å². The molecule has 2 aliphatic rings. The first-order valence-corrected chi connectivity index (χ1v) is 8.09. The van der Waals surface area contributed by atoms with Crippen LogP contribution in [-0.4, -0.2) is 27.9 Å². The molecule has 0 aromatic carbocycles. The molecule has 0 radical (unpaired) electrons. The fraction of sp³-hybridized carbons (Fsp3) is 0.600. The highest BCUT2D eigenvalue weighted by Gasteiger charge is 2.40. The molecular formula is C15H19NO3S. The van der Waals surface area contributed by atoms with E-state index in [1.165, 1.54) is 4.88 Å². The number of carboxylic acids is 1. The maximum absolute atomic E-state index is 12.7. The Morgan fingerprint density at radius 1 is 1.25 bits per heavy atom. The first kappa shape index (κ1) is 13.6. The third-order valence-corrected chi connectivity index (χ3v) is 5.17. The third kappa shape index (κ3) is 2.87. The lowest BCUT2D eigenvalue weighted by atomic mass is 10.0. The van der Waals surface area contributed by atoms with Crippen LogP contribution < -0.4 is 0 Å². The molecule has 2 aliphatic carbocycles. The second-order valence-corrected chi connectivity index (χ2v) is 6.85. The monoisotopic (exact) mass is 293 g/mol. The van der Waals surface area contributed by atoms with Gasteiger partial charge in [0.15, 0.2) is 0 Å². The molecule has 2 saturated carbocycles. The first-order chi connectivity index (χ1) is 9.65. The smallest absolute Gasteiger partial charge is 0.306 e. The van der Waals surface area contributed by atoms with Gasteiger partial charge in [0, 0.05) is 16.8 Å². The Balaban J connectivity index is 1.65. The molecule has 5 heteroatoms. The molecule has 108 valence electrons. The summed E-state index contributed by atoms with van der Waals surface area (Å²) < 4.78 is 0. The molecule has 1 aromatic rings. The van der Waals surface area contributed by atoms with E-state index in [0.29, 0.717) is 25.4 Å². The minimum Gasteiger partial charge on any atom is -0.481 e. The molecule has 20 heavy (non-hydrogen) atoms. The number of carbonyl (C=O) groups excluding carboxylic acids is 1. The number of carboxylic acid groups (broad SMARTS) is 1. The van der Waals surface area contributed by atoms with Crippen LogP contribution in [0.2, 0.25) is 0 Å². The number of rotatable bonds is 5. The highest BCUT2D eigenvalue weighted by atomic mass is 32.1. The van der Waals surface area contributed by atoms with Crippen LogP contribution in [0.15, 0.2) is 17.5 Å². The van der Waals surface area contributed by atoms with Crippen molar-refractivity contribution in [2.24, 2.45) is 11.8 Å². The molecule has 2 fully saturated rings. The Bertz CT molecular complexity index is 495. The maximum atomic E-state index is 12.7. The van der Waals surface area contributed by atoms with Gasteiger partial charge < -0.3 is 10.0 Å². The summed E-state index contributed by atoms with van der Waals surface area (Å²) in [5, 5.41) is 11.1. The van der Waals surface area contributed by atoms with E-state index < -0.39 is 5.97 Å². The summed E-state index contributed by atoms with van der Waals surface area (Å²) in [5.74, 6) is -0.996. The Hall–Kier alpha value is -1.36. The van der Waals surface area contributed by atoms with E-state index in [4.69, 9.17) is 5.11 Å². The standard InChI is InChI=1S/C15H19NO3S/c17-14(10-3-4-11(8-10)15(18)19)16(12-5-6-12)9-13-2-1-7-20-13/h1-2,7,10-12H,3-6,8-9H2,(H,18,19)/t10-,11+/m1/s1. The molecule has 4 nitrogen and oxygen atoms in total. The normalized spacial score (nSPS) is 25.6. The van der Waals surface area contributed by atoms with Gasteiger partial charge in [0.25, 0.3) is 0 Å². The fourth-order valence-electron chi connectivity index (χ4n) is 3.01. The molecule has 1 amide bonds. The summed E-state index contributed by atoms with van der Waals surface area (Å²) in [6, 6.07) is 4.45. The van der Waals surface area contributed by atoms with Gasteiger partial charge in [0.2, 0.25) is 5.91 Å². The van der Waals surface area contributed by atoms with Gasteiger partial charge in [-0.25, -0.2) is 0 Å². The molecular weight excluding hydrogens is 274 g/mol. The van der Waals surface area contributed by atoms with Crippen LogP contribution >= 0.6 is 11.3 Å². The second kappa shape index (κ2) is 5.56. The molecule has 0 spiro atoms. The van der Waals surface area contributed by atoms with Crippen LogP contribution in [-0.2, 0) is 16.1 Å². The van der Waals surface area contributed by atoms with Crippen molar-refractivity contribution in [2.75, 3.05) is 0 Å². The van der Waals surface area contributed by atoms with Crippen molar-refractivity contribution in [3.8, 4) is 0 Å². The zero-order chi connectivity index (χ0) is 14.1. The van der Waals surface area contributed by atoms with E-state index in [9.17, 15) is 9.59 Å². The zero-order valence-electron chi connectivity index (χ0n) is 11.3. The summed E-state index contributed by atoms with van der Waals surface area (Å²) in [4.78, 5) is 26.9. The predicted molar refractivity (Wildman–Crippen MR) is 76.4 cm³/mol. The average molecular weight is 293 g/mol. The van der Waals surface area contributed by atoms with Crippen LogP contribution in [0.5, 0.6) is 0 Å². The van der Waals surface area contributed by atoms with Crippen molar-refractivity contribution >= 4 is 23.2 Å². The average Bonchev–Trinajstić information content (AvgIpc) is 2.95. The Morgan fingerprint density at radius 2 is 2.00 bits per heavy atom. The lowest BCUT2D eigenvalue weighted by molar-refractivity contribution is -0.141. The molecule has 1 heterocycles. The summed E-state index contributed by atoms with van der Waals surface area (Å²) in [6.45, 7) is 0.690.